The van der Waals surface area contributed by atoms with Crippen molar-refractivity contribution in [2.75, 3.05) is 0 Å². The Morgan fingerprint density at radius 1 is 1.35 bits per heavy atom. The second-order valence-electron chi connectivity index (χ2n) is 5.78. The predicted molar refractivity (Wildman–Crippen MR) is 76.1 cm³/mol. The fourth-order valence-corrected chi connectivity index (χ4v) is 2.84. The molecular weight excluding hydrogens is 257 g/mol. The van der Waals surface area contributed by atoms with Gasteiger partial charge in [-0.05, 0) is 56.7 Å². The SMILES string of the molecule is Cc1ccc([C@@H](C)NC2CCC(C(=O)O)CC2)cc1F. The van der Waals surface area contributed by atoms with Gasteiger partial charge in [0.2, 0.25) is 0 Å². The molecule has 0 unspecified atom stereocenters. The topological polar surface area (TPSA) is 49.3 Å². The number of carboxylic acids is 1. The lowest BCUT2D eigenvalue weighted by molar-refractivity contribution is -0.142. The normalized spacial score (nSPS) is 24.4. The number of hydrogen-bond donors (Lipinski definition) is 2. The van der Waals surface area contributed by atoms with Crippen LogP contribution in [0.15, 0.2) is 18.2 Å². The lowest BCUT2D eigenvalue weighted by atomic mass is 9.85. The molecule has 20 heavy (non-hydrogen) atoms. The summed E-state index contributed by atoms with van der Waals surface area (Å²) >= 11 is 0. The minimum absolute atomic E-state index is 0.0801. The molecule has 0 bridgehead atoms. The number of rotatable bonds is 4. The molecule has 2 rings (SSSR count). The van der Waals surface area contributed by atoms with Gasteiger partial charge in [0, 0.05) is 12.1 Å². The molecule has 4 heteroatoms. The van der Waals surface area contributed by atoms with Crippen molar-refractivity contribution in [3.8, 4) is 0 Å². The Hall–Kier alpha value is -1.42. The zero-order valence-electron chi connectivity index (χ0n) is 12.0. The Morgan fingerprint density at radius 3 is 2.55 bits per heavy atom. The van der Waals surface area contributed by atoms with Crippen molar-refractivity contribution in [1.29, 1.82) is 0 Å². The van der Waals surface area contributed by atoms with E-state index in [1.54, 1.807) is 19.1 Å². The van der Waals surface area contributed by atoms with Gasteiger partial charge in [0.1, 0.15) is 5.82 Å². The average molecular weight is 279 g/mol. The first-order chi connectivity index (χ1) is 9.47. The molecule has 1 saturated carbocycles. The van der Waals surface area contributed by atoms with Crippen LogP contribution in [0.4, 0.5) is 4.39 Å². The van der Waals surface area contributed by atoms with Crippen LogP contribution in [0, 0.1) is 18.7 Å². The van der Waals surface area contributed by atoms with Gasteiger partial charge in [0.25, 0.3) is 0 Å². The van der Waals surface area contributed by atoms with E-state index in [9.17, 15) is 9.18 Å². The molecule has 110 valence electrons. The number of aryl methyl sites for hydroxylation is 1. The first-order valence-corrected chi connectivity index (χ1v) is 7.22. The Balaban J connectivity index is 1.90. The van der Waals surface area contributed by atoms with E-state index in [1.807, 2.05) is 13.0 Å². The number of hydrogen-bond acceptors (Lipinski definition) is 2. The van der Waals surface area contributed by atoms with Gasteiger partial charge in [-0.15, -0.1) is 0 Å². The maximum atomic E-state index is 13.6. The van der Waals surface area contributed by atoms with E-state index in [-0.39, 0.29) is 17.8 Å². The summed E-state index contributed by atoms with van der Waals surface area (Å²) in [4.78, 5) is 10.9. The summed E-state index contributed by atoms with van der Waals surface area (Å²) < 4.78 is 13.6. The lowest BCUT2D eigenvalue weighted by Crippen LogP contribution is -2.36. The summed E-state index contributed by atoms with van der Waals surface area (Å²) in [5.41, 5.74) is 1.59. The Kier molecular flexibility index (Phi) is 4.76. The highest BCUT2D eigenvalue weighted by molar-refractivity contribution is 5.70. The van der Waals surface area contributed by atoms with Crippen molar-refractivity contribution in [2.24, 2.45) is 5.92 Å². The Morgan fingerprint density at radius 2 is 2.00 bits per heavy atom. The number of carboxylic acid groups (broad SMARTS) is 1. The van der Waals surface area contributed by atoms with Gasteiger partial charge >= 0.3 is 5.97 Å². The molecule has 1 atom stereocenters. The Labute approximate surface area is 119 Å². The standard InChI is InChI=1S/C16H22FNO2/c1-10-3-4-13(9-15(10)17)11(2)18-14-7-5-12(6-8-14)16(19)20/h3-4,9,11-12,14,18H,5-8H2,1-2H3,(H,19,20)/t11-,12?,14?/m1/s1. The first kappa shape index (κ1) is 15.0. The molecule has 0 spiro atoms. The van der Waals surface area contributed by atoms with Gasteiger partial charge in [0.15, 0.2) is 0 Å². The van der Waals surface area contributed by atoms with Gasteiger partial charge < -0.3 is 10.4 Å². The van der Waals surface area contributed by atoms with E-state index >= 15 is 0 Å². The molecule has 0 radical (unpaired) electrons. The van der Waals surface area contributed by atoms with Crippen LogP contribution in [0.3, 0.4) is 0 Å². The molecule has 1 aliphatic carbocycles. The molecule has 1 fully saturated rings. The van der Waals surface area contributed by atoms with E-state index in [4.69, 9.17) is 5.11 Å². The van der Waals surface area contributed by atoms with E-state index in [2.05, 4.69) is 5.32 Å². The van der Waals surface area contributed by atoms with Crippen LogP contribution in [0.2, 0.25) is 0 Å². The largest absolute Gasteiger partial charge is 0.481 e. The van der Waals surface area contributed by atoms with Crippen LogP contribution in [0.1, 0.15) is 49.8 Å². The van der Waals surface area contributed by atoms with Crippen molar-refractivity contribution in [3.05, 3.63) is 35.1 Å². The first-order valence-electron chi connectivity index (χ1n) is 7.22. The third kappa shape index (κ3) is 3.57. The fraction of sp³-hybridized carbons (Fsp3) is 0.562. The zero-order valence-corrected chi connectivity index (χ0v) is 12.0. The third-order valence-electron chi connectivity index (χ3n) is 4.26. The molecule has 2 N–H and O–H groups in total. The maximum absolute atomic E-state index is 13.6. The summed E-state index contributed by atoms with van der Waals surface area (Å²) in [7, 11) is 0. The molecule has 0 heterocycles. The highest BCUT2D eigenvalue weighted by Crippen LogP contribution is 2.26. The van der Waals surface area contributed by atoms with Crippen LogP contribution in [-0.2, 0) is 4.79 Å². The van der Waals surface area contributed by atoms with Crippen molar-refractivity contribution in [1.82, 2.24) is 5.32 Å². The van der Waals surface area contributed by atoms with Crippen LogP contribution >= 0.6 is 0 Å². The molecular formula is C16H22FNO2. The van der Waals surface area contributed by atoms with E-state index in [0.29, 0.717) is 11.6 Å². The highest BCUT2D eigenvalue weighted by Gasteiger charge is 2.26. The van der Waals surface area contributed by atoms with E-state index in [0.717, 1.165) is 31.2 Å². The number of aliphatic carboxylic acids is 1. The Bertz CT molecular complexity index is 481. The van der Waals surface area contributed by atoms with Gasteiger partial charge in [-0.1, -0.05) is 12.1 Å². The molecule has 1 aromatic rings. The summed E-state index contributed by atoms with van der Waals surface area (Å²) in [6.45, 7) is 3.78. The molecule has 0 saturated heterocycles. The number of halogens is 1. The summed E-state index contributed by atoms with van der Waals surface area (Å²) in [5, 5.41) is 12.5. The van der Waals surface area contributed by atoms with Crippen molar-refractivity contribution in [3.63, 3.8) is 0 Å². The minimum Gasteiger partial charge on any atom is -0.481 e. The molecule has 3 nitrogen and oxygen atoms in total. The molecule has 0 aliphatic heterocycles. The van der Waals surface area contributed by atoms with E-state index in [1.165, 1.54) is 0 Å². The van der Waals surface area contributed by atoms with E-state index < -0.39 is 5.97 Å². The summed E-state index contributed by atoms with van der Waals surface area (Å²) in [6.07, 6.45) is 3.19. The summed E-state index contributed by atoms with van der Waals surface area (Å²) in [6, 6.07) is 5.72. The number of carbonyl (C=O) groups is 1. The second kappa shape index (κ2) is 6.35. The van der Waals surface area contributed by atoms with Gasteiger partial charge in [-0.25, -0.2) is 4.39 Å². The molecule has 0 aromatic heterocycles. The van der Waals surface area contributed by atoms with Crippen molar-refractivity contribution in [2.45, 2.75) is 51.6 Å². The lowest BCUT2D eigenvalue weighted by Gasteiger charge is -2.29. The molecule has 1 aliphatic rings. The predicted octanol–water partition coefficient (Wildman–Crippen LogP) is 3.43. The summed E-state index contributed by atoms with van der Waals surface area (Å²) in [5.74, 6) is -1.05. The quantitative estimate of drug-likeness (QED) is 0.887. The van der Waals surface area contributed by atoms with Crippen LogP contribution in [-0.4, -0.2) is 17.1 Å². The van der Waals surface area contributed by atoms with Gasteiger partial charge in [-0.2, -0.15) is 0 Å². The van der Waals surface area contributed by atoms with Crippen LogP contribution in [0.5, 0.6) is 0 Å². The minimum atomic E-state index is -0.683. The van der Waals surface area contributed by atoms with Crippen LogP contribution < -0.4 is 5.32 Å². The zero-order chi connectivity index (χ0) is 14.7. The van der Waals surface area contributed by atoms with Crippen LogP contribution in [0.25, 0.3) is 0 Å². The number of benzene rings is 1. The number of nitrogens with one attached hydrogen (secondary N) is 1. The highest BCUT2D eigenvalue weighted by atomic mass is 19.1. The third-order valence-corrected chi connectivity index (χ3v) is 4.26. The monoisotopic (exact) mass is 279 g/mol. The molecule has 0 amide bonds. The van der Waals surface area contributed by atoms with Crippen molar-refractivity contribution < 1.29 is 14.3 Å². The molecule has 1 aromatic carbocycles. The van der Waals surface area contributed by atoms with Crippen molar-refractivity contribution >= 4 is 5.97 Å². The average Bonchev–Trinajstić information content (AvgIpc) is 2.42. The second-order valence-corrected chi connectivity index (χ2v) is 5.78. The maximum Gasteiger partial charge on any atom is 0.306 e. The smallest absolute Gasteiger partial charge is 0.306 e. The fourth-order valence-electron chi connectivity index (χ4n) is 2.84. The van der Waals surface area contributed by atoms with Gasteiger partial charge in [0.05, 0.1) is 5.92 Å². The van der Waals surface area contributed by atoms with Gasteiger partial charge in [-0.3, -0.25) is 4.79 Å².